The third kappa shape index (κ3) is 3.00. The Morgan fingerprint density at radius 2 is 2.20 bits per heavy atom. The van der Waals surface area contributed by atoms with Crippen LogP contribution in [0.1, 0.15) is 0 Å². The summed E-state index contributed by atoms with van der Waals surface area (Å²) in [6.07, 6.45) is 0. The Morgan fingerprint density at radius 3 is 3.00 bits per heavy atom. The Bertz CT molecular complexity index is 622. The molecule has 0 saturated carbocycles. The van der Waals surface area contributed by atoms with E-state index >= 15 is 0 Å². The summed E-state index contributed by atoms with van der Waals surface area (Å²) >= 11 is 0. The smallest absolute Gasteiger partial charge is 0.197 e. The fourth-order valence-corrected chi connectivity index (χ4v) is 3.29. The molecule has 20 heavy (non-hydrogen) atoms. The van der Waals surface area contributed by atoms with E-state index in [2.05, 4.69) is 14.9 Å². The normalized spacial score (nSPS) is 18.4. The first-order valence-corrected chi connectivity index (χ1v) is 7.98. The van der Waals surface area contributed by atoms with E-state index in [9.17, 15) is 4.21 Å². The highest BCUT2D eigenvalue weighted by Crippen LogP contribution is 2.16. The minimum atomic E-state index is -1.11. The number of H-pyrrole nitrogens is 1. The van der Waals surface area contributed by atoms with E-state index in [1.54, 1.807) is 6.07 Å². The van der Waals surface area contributed by atoms with Crippen LogP contribution in [0.15, 0.2) is 23.4 Å². The maximum Gasteiger partial charge on any atom is 0.197 e. The molecule has 0 amide bonds. The number of nitrogens with two attached hydrogens (primary N) is 1. The summed E-state index contributed by atoms with van der Waals surface area (Å²) < 4.78 is 17.6. The summed E-state index contributed by atoms with van der Waals surface area (Å²) in [5, 5.41) is 0.527. The molecule has 1 aliphatic heterocycles. The lowest BCUT2D eigenvalue weighted by Crippen LogP contribution is -2.38. The number of aromatic amines is 1. The molecule has 2 heterocycles. The van der Waals surface area contributed by atoms with Crippen LogP contribution in [-0.4, -0.2) is 57.7 Å². The molecule has 3 rings (SSSR count). The van der Waals surface area contributed by atoms with Gasteiger partial charge in [0.2, 0.25) is 0 Å². The van der Waals surface area contributed by atoms with Crippen molar-refractivity contribution in [1.29, 1.82) is 0 Å². The predicted octanol–water partition coefficient (Wildman–Crippen LogP) is 0.585. The predicted molar refractivity (Wildman–Crippen MR) is 79.0 cm³/mol. The Kier molecular flexibility index (Phi) is 4.00. The van der Waals surface area contributed by atoms with Gasteiger partial charge in [0.05, 0.1) is 35.0 Å². The van der Waals surface area contributed by atoms with Gasteiger partial charge in [-0.1, -0.05) is 0 Å². The lowest BCUT2D eigenvalue weighted by Gasteiger charge is -2.25. The van der Waals surface area contributed by atoms with Gasteiger partial charge in [-0.3, -0.25) is 9.11 Å². The molecule has 2 aromatic rings. The van der Waals surface area contributed by atoms with Gasteiger partial charge in [-0.05, 0) is 18.2 Å². The SMILES string of the molecule is Nc1ccc2nc(S(=O)CCN3CCOCC3)[nH]c2c1. The van der Waals surface area contributed by atoms with Crippen molar-refractivity contribution in [3.8, 4) is 0 Å². The van der Waals surface area contributed by atoms with E-state index in [-0.39, 0.29) is 0 Å². The van der Waals surface area contributed by atoms with Gasteiger partial charge >= 0.3 is 0 Å². The van der Waals surface area contributed by atoms with Gasteiger partial charge < -0.3 is 15.5 Å². The average Bonchev–Trinajstić information content (AvgIpc) is 2.89. The van der Waals surface area contributed by atoms with Gasteiger partial charge in [0.15, 0.2) is 5.16 Å². The third-order valence-corrected chi connectivity index (χ3v) is 4.57. The highest BCUT2D eigenvalue weighted by molar-refractivity contribution is 7.84. The molecule has 1 atom stereocenters. The number of imidazole rings is 1. The molecule has 1 fully saturated rings. The van der Waals surface area contributed by atoms with Crippen molar-refractivity contribution in [3.63, 3.8) is 0 Å². The summed E-state index contributed by atoms with van der Waals surface area (Å²) in [5.74, 6) is 0.579. The summed E-state index contributed by atoms with van der Waals surface area (Å²) in [5.41, 5.74) is 8.03. The third-order valence-electron chi connectivity index (χ3n) is 3.40. The minimum Gasteiger partial charge on any atom is -0.399 e. The van der Waals surface area contributed by atoms with Gasteiger partial charge in [0.1, 0.15) is 0 Å². The van der Waals surface area contributed by atoms with Crippen LogP contribution in [0, 0.1) is 0 Å². The highest BCUT2D eigenvalue weighted by Gasteiger charge is 2.14. The van der Waals surface area contributed by atoms with E-state index in [1.165, 1.54) is 0 Å². The van der Waals surface area contributed by atoms with Gasteiger partial charge in [0, 0.05) is 31.1 Å². The number of benzene rings is 1. The molecule has 6 nitrogen and oxygen atoms in total. The largest absolute Gasteiger partial charge is 0.399 e. The second-order valence-corrected chi connectivity index (χ2v) is 6.31. The van der Waals surface area contributed by atoms with E-state index in [0.717, 1.165) is 43.9 Å². The summed E-state index contributed by atoms with van der Waals surface area (Å²) in [6.45, 7) is 4.14. The zero-order valence-corrected chi connectivity index (χ0v) is 12.0. The van der Waals surface area contributed by atoms with Crippen molar-refractivity contribution in [2.45, 2.75) is 5.16 Å². The Balaban J connectivity index is 1.65. The molecule has 108 valence electrons. The van der Waals surface area contributed by atoms with Crippen LogP contribution in [0.5, 0.6) is 0 Å². The quantitative estimate of drug-likeness (QED) is 0.806. The summed E-state index contributed by atoms with van der Waals surface area (Å²) in [7, 11) is -1.11. The lowest BCUT2D eigenvalue weighted by molar-refractivity contribution is 0.0409. The number of rotatable bonds is 4. The van der Waals surface area contributed by atoms with E-state index in [0.29, 0.717) is 16.6 Å². The topological polar surface area (TPSA) is 84.2 Å². The molecule has 0 radical (unpaired) electrons. The van der Waals surface area contributed by atoms with Gasteiger partial charge in [0.25, 0.3) is 0 Å². The number of ether oxygens (including phenoxy) is 1. The number of nitrogens with one attached hydrogen (secondary N) is 1. The van der Waals surface area contributed by atoms with Crippen LogP contribution in [0.25, 0.3) is 11.0 Å². The number of fused-ring (bicyclic) bond motifs is 1. The van der Waals surface area contributed by atoms with E-state index < -0.39 is 10.8 Å². The molecular formula is C13H18N4O2S. The molecule has 1 saturated heterocycles. The maximum atomic E-state index is 12.3. The Labute approximate surface area is 119 Å². The van der Waals surface area contributed by atoms with Gasteiger partial charge in [-0.25, -0.2) is 4.98 Å². The van der Waals surface area contributed by atoms with Gasteiger partial charge in [-0.15, -0.1) is 0 Å². The standard InChI is InChI=1S/C13H18N4O2S/c14-10-1-2-11-12(9-10)16-13(15-11)20(18)8-5-17-3-6-19-7-4-17/h1-2,9H,3-8,14H2,(H,15,16). The van der Waals surface area contributed by atoms with Crippen molar-refractivity contribution in [2.75, 3.05) is 44.3 Å². The second-order valence-electron chi connectivity index (χ2n) is 4.82. The van der Waals surface area contributed by atoms with Crippen molar-refractivity contribution in [2.24, 2.45) is 0 Å². The number of hydrogen-bond donors (Lipinski definition) is 2. The number of hydrogen-bond acceptors (Lipinski definition) is 5. The highest BCUT2D eigenvalue weighted by atomic mass is 32.2. The first-order valence-electron chi connectivity index (χ1n) is 6.66. The Hall–Kier alpha value is -1.44. The van der Waals surface area contributed by atoms with Crippen LogP contribution < -0.4 is 5.73 Å². The number of nitrogen functional groups attached to an aromatic ring is 1. The number of nitrogens with zero attached hydrogens (tertiary/aromatic N) is 2. The fraction of sp³-hybridized carbons (Fsp3) is 0.462. The minimum absolute atomic E-state index is 0.527. The summed E-state index contributed by atoms with van der Waals surface area (Å²) in [4.78, 5) is 9.72. The van der Waals surface area contributed by atoms with Crippen molar-refractivity contribution in [1.82, 2.24) is 14.9 Å². The zero-order chi connectivity index (χ0) is 13.9. The lowest BCUT2D eigenvalue weighted by atomic mass is 10.3. The van der Waals surface area contributed by atoms with Crippen LogP contribution in [0.2, 0.25) is 0 Å². The molecule has 0 bridgehead atoms. The molecule has 0 aliphatic carbocycles. The van der Waals surface area contributed by atoms with Crippen LogP contribution >= 0.6 is 0 Å². The fourth-order valence-electron chi connectivity index (χ4n) is 2.25. The first-order chi connectivity index (χ1) is 9.72. The van der Waals surface area contributed by atoms with Crippen molar-refractivity contribution < 1.29 is 8.95 Å². The van der Waals surface area contributed by atoms with E-state index in [4.69, 9.17) is 10.5 Å². The molecule has 1 unspecified atom stereocenters. The molecule has 1 aromatic carbocycles. The first kappa shape index (κ1) is 13.5. The second kappa shape index (κ2) is 5.90. The average molecular weight is 294 g/mol. The number of aromatic nitrogens is 2. The van der Waals surface area contributed by atoms with Gasteiger partial charge in [-0.2, -0.15) is 0 Å². The molecule has 7 heteroatoms. The molecular weight excluding hydrogens is 276 g/mol. The number of morpholine rings is 1. The Morgan fingerprint density at radius 1 is 1.40 bits per heavy atom. The van der Waals surface area contributed by atoms with Crippen molar-refractivity contribution >= 4 is 27.5 Å². The molecule has 1 aromatic heterocycles. The molecule has 0 spiro atoms. The number of anilines is 1. The molecule has 1 aliphatic rings. The van der Waals surface area contributed by atoms with Crippen molar-refractivity contribution in [3.05, 3.63) is 18.2 Å². The maximum absolute atomic E-state index is 12.3. The van der Waals surface area contributed by atoms with E-state index in [1.807, 2.05) is 12.1 Å². The zero-order valence-electron chi connectivity index (χ0n) is 11.2. The van der Waals surface area contributed by atoms with Crippen LogP contribution in [-0.2, 0) is 15.5 Å². The van der Waals surface area contributed by atoms with Crippen LogP contribution in [0.4, 0.5) is 5.69 Å². The molecule has 3 N–H and O–H groups in total. The summed E-state index contributed by atoms with van der Waals surface area (Å²) in [6, 6.07) is 5.44. The monoisotopic (exact) mass is 294 g/mol. The van der Waals surface area contributed by atoms with Crippen LogP contribution in [0.3, 0.4) is 0 Å².